The first-order valence-corrected chi connectivity index (χ1v) is 3.68. The van der Waals surface area contributed by atoms with Crippen molar-refractivity contribution in [2.45, 2.75) is 0 Å². The summed E-state index contributed by atoms with van der Waals surface area (Å²) in [4.78, 5) is 10.2. The molecule has 0 aliphatic rings. The van der Waals surface area contributed by atoms with Crippen LogP contribution in [0, 0.1) is 0 Å². The number of rotatable bonds is 5. The van der Waals surface area contributed by atoms with Gasteiger partial charge in [-0.3, -0.25) is 0 Å². The van der Waals surface area contributed by atoms with Crippen LogP contribution >= 0.6 is 0 Å². The van der Waals surface area contributed by atoms with Gasteiger partial charge in [-0.25, -0.2) is 4.79 Å². The molecule has 0 radical (unpaired) electrons. The number of quaternary nitrogens is 1. The second kappa shape index (κ2) is 4.11. The lowest BCUT2D eigenvalue weighted by molar-refractivity contribution is -0.870. The van der Waals surface area contributed by atoms with E-state index in [9.17, 15) is 4.79 Å². The molecule has 0 fully saturated rings. The number of aliphatic carboxylic acids is 1. The van der Waals surface area contributed by atoms with E-state index in [2.05, 4.69) is 6.58 Å². The average Bonchev–Trinajstić information content (AvgIpc) is 1.84. The molecule has 4 nitrogen and oxygen atoms in total. The summed E-state index contributed by atoms with van der Waals surface area (Å²) in [6, 6.07) is 0. The Balaban J connectivity index is 3.58. The summed E-state index contributed by atoms with van der Waals surface area (Å²) < 4.78 is 5.61. The molecule has 0 spiro atoms. The molecule has 0 unspecified atom stereocenters. The third-order valence-electron chi connectivity index (χ3n) is 1.28. The van der Waals surface area contributed by atoms with E-state index >= 15 is 0 Å². The number of carboxylic acid groups (broad SMARTS) is 1. The van der Waals surface area contributed by atoms with Gasteiger partial charge in [0.05, 0.1) is 21.1 Å². The fourth-order valence-electron chi connectivity index (χ4n) is 0.504. The van der Waals surface area contributed by atoms with Crippen molar-refractivity contribution < 1.29 is 19.1 Å². The van der Waals surface area contributed by atoms with E-state index in [4.69, 9.17) is 9.84 Å². The monoisotopic (exact) mass is 174 g/mol. The van der Waals surface area contributed by atoms with Crippen LogP contribution in [0.5, 0.6) is 0 Å². The number of carbonyl (C=O) groups is 1. The van der Waals surface area contributed by atoms with Crippen LogP contribution in [0.2, 0.25) is 0 Å². The molecule has 4 heteroatoms. The van der Waals surface area contributed by atoms with E-state index in [1.54, 1.807) is 0 Å². The standard InChI is InChI=1S/C8H15NO3/c1-7(8(10)11)12-6-5-9(2,3)4/h1,5-6H2,2-4H3/p+1. The Morgan fingerprint density at radius 2 is 2.00 bits per heavy atom. The fraction of sp³-hybridized carbons (Fsp3) is 0.625. The van der Waals surface area contributed by atoms with Crippen LogP contribution in [-0.2, 0) is 9.53 Å². The molecule has 0 aliphatic heterocycles. The minimum absolute atomic E-state index is 0.191. The number of hydrogen-bond donors (Lipinski definition) is 1. The molecule has 0 heterocycles. The van der Waals surface area contributed by atoms with Crippen molar-refractivity contribution in [3.8, 4) is 0 Å². The molecule has 0 aliphatic carbocycles. The van der Waals surface area contributed by atoms with Crippen LogP contribution in [0.25, 0.3) is 0 Å². The second-order valence-electron chi connectivity index (χ2n) is 3.59. The van der Waals surface area contributed by atoms with Crippen molar-refractivity contribution in [1.29, 1.82) is 0 Å². The molecule has 70 valence electrons. The van der Waals surface area contributed by atoms with Gasteiger partial charge >= 0.3 is 5.97 Å². The van der Waals surface area contributed by atoms with Gasteiger partial charge < -0.3 is 14.3 Å². The van der Waals surface area contributed by atoms with E-state index in [-0.39, 0.29) is 5.76 Å². The Morgan fingerprint density at radius 3 is 2.33 bits per heavy atom. The van der Waals surface area contributed by atoms with Crippen molar-refractivity contribution in [2.24, 2.45) is 0 Å². The van der Waals surface area contributed by atoms with E-state index in [1.165, 1.54) is 0 Å². The minimum Gasteiger partial charge on any atom is -0.481 e. The summed E-state index contributed by atoms with van der Waals surface area (Å²) in [5, 5.41) is 8.38. The zero-order valence-electron chi connectivity index (χ0n) is 7.83. The van der Waals surface area contributed by atoms with Gasteiger partial charge in [0.1, 0.15) is 13.2 Å². The molecule has 12 heavy (non-hydrogen) atoms. The molecular weight excluding hydrogens is 158 g/mol. The Bertz CT molecular complexity index is 181. The third-order valence-corrected chi connectivity index (χ3v) is 1.28. The zero-order valence-corrected chi connectivity index (χ0v) is 7.83. The first-order valence-electron chi connectivity index (χ1n) is 3.68. The lowest BCUT2D eigenvalue weighted by atomic mass is 10.5. The van der Waals surface area contributed by atoms with Crippen molar-refractivity contribution in [1.82, 2.24) is 0 Å². The molecule has 0 amide bonds. The molecule has 0 aromatic carbocycles. The Kier molecular flexibility index (Phi) is 3.76. The Morgan fingerprint density at radius 1 is 1.50 bits per heavy atom. The van der Waals surface area contributed by atoms with Gasteiger partial charge in [-0.1, -0.05) is 0 Å². The van der Waals surface area contributed by atoms with Crippen molar-refractivity contribution in [3.63, 3.8) is 0 Å². The van der Waals surface area contributed by atoms with Gasteiger partial charge in [-0.05, 0) is 6.58 Å². The molecule has 0 aromatic rings. The summed E-state index contributed by atoms with van der Waals surface area (Å²) in [6.07, 6.45) is 0. The SMILES string of the molecule is C=C(OCC[N+](C)(C)C)C(=O)O. The maximum Gasteiger partial charge on any atom is 0.370 e. The maximum absolute atomic E-state index is 10.2. The highest BCUT2D eigenvalue weighted by Crippen LogP contribution is 1.95. The zero-order chi connectivity index (χ0) is 9.78. The van der Waals surface area contributed by atoms with Gasteiger partial charge in [-0.2, -0.15) is 0 Å². The average molecular weight is 174 g/mol. The molecule has 0 aromatic heterocycles. The molecule has 0 bridgehead atoms. The Labute approximate surface area is 72.6 Å². The number of nitrogens with zero attached hydrogens (tertiary/aromatic N) is 1. The maximum atomic E-state index is 10.2. The summed E-state index contributed by atoms with van der Waals surface area (Å²) in [6.45, 7) is 4.38. The summed E-state index contributed by atoms with van der Waals surface area (Å²) in [5.41, 5.74) is 0. The summed E-state index contributed by atoms with van der Waals surface area (Å²) >= 11 is 0. The van der Waals surface area contributed by atoms with Crippen LogP contribution in [-0.4, -0.2) is 49.9 Å². The van der Waals surface area contributed by atoms with Gasteiger partial charge in [0, 0.05) is 0 Å². The van der Waals surface area contributed by atoms with Gasteiger partial charge in [0.2, 0.25) is 0 Å². The van der Waals surface area contributed by atoms with Crippen LogP contribution in [0.15, 0.2) is 12.3 Å². The molecular formula is C8H16NO3+. The van der Waals surface area contributed by atoms with Crippen LogP contribution in [0.3, 0.4) is 0 Å². The lowest BCUT2D eigenvalue weighted by Gasteiger charge is -2.23. The number of likely N-dealkylation sites (N-methyl/N-ethyl adjacent to an activating group) is 1. The summed E-state index contributed by atoms with van der Waals surface area (Å²) in [5.74, 6) is -1.29. The second-order valence-corrected chi connectivity index (χ2v) is 3.59. The van der Waals surface area contributed by atoms with E-state index in [0.29, 0.717) is 6.61 Å². The van der Waals surface area contributed by atoms with Crippen molar-refractivity contribution in [2.75, 3.05) is 34.3 Å². The largest absolute Gasteiger partial charge is 0.481 e. The topological polar surface area (TPSA) is 46.5 Å². The van der Waals surface area contributed by atoms with Gasteiger partial charge in [-0.15, -0.1) is 0 Å². The van der Waals surface area contributed by atoms with Crippen molar-refractivity contribution >= 4 is 5.97 Å². The summed E-state index contributed by atoms with van der Waals surface area (Å²) in [7, 11) is 6.02. The molecule has 0 rings (SSSR count). The first-order chi connectivity index (χ1) is 5.33. The predicted molar refractivity (Wildman–Crippen MR) is 45.6 cm³/mol. The highest BCUT2D eigenvalue weighted by atomic mass is 16.5. The number of ether oxygens (including phenoxy) is 1. The van der Waals surface area contributed by atoms with Crippen molar-refractivity contribution in [3.05, 3.63) is 12.3 Å². The van der Waals surface area contributed by atoms with Crippen LogP contribution in [0.1, 0.15) is 0 Å². The molecule has 1 N–H and O–H groups in total. The van der Waals surface area contributed by atoms with Gasteiger partial charge in [0.25, 0.3) is 0 Å². The van der Waals surface area contributed by atoms with E-state index < -0.39 is 5.97 Å². The quantitative estimate of drug-likeness (QED) is 0.370. The van der Waals surface area contributed by atoms with Crippen LogP contribution in [0.4, 0.5) is 0 Å². The number of carboxylic acids is 1. The third kappa shape index (κ3) is 5.73. The highest BCUT2D eigenvalue weighted by molar-refractivity contribution is 5.83. The lowest BCUT2D eigenvalue weighted by Crippen LogP contribution is -2.37. The van der Waals surface area contributed by atoms with E-state index in [1.807, 2.05) is 21.1 Å². The Hall–Kier alpha value is -1.03. The molecule has 0 saturated carbocycles. The highest BCUT2D eigenvalue weighted by Gasteiger charge is 2.09. The smallest absolute Gasteiger partial charge is 0.370 e. The number of hydrogen-bond acceptors (Lipinski definition) is 2. The van der Waals surface area contributed by atoms with E-state index in [0.717, 1.165) is 11.0 Å². The normalized spacial score (nSPS) is 10.9. The minimum atomic E-state index is -1.10. The molecule has 0 saturated heterocycles. The molecule has 0 atom stereocenters. The van der Waals surface area contributed by atoms with Crippen LogP contribution < -0.4 is 0 Å². The first kappa shape index (κ1) is 11.0. The van der Waals surface area contributed by atoms with Gasteiger partial charge in [0.15, 0.2) is 5.76 Å². The predicted octanol–water partition coefficient (Wildman–Crippen LogP) is 0.307. The fourth-order valence-corrected chi connectivity index (χ4v) is 0.504.